The van der Waals surface area contributed by atoms with E-state index in [1.165, 1.54) is 0 Å². The van der Waals surface area contributed by atoms with Gasteiger partial charge in [0.05, 0.1) is 10.0 Å². The van der Waals surface area contributed by atoms with Crippen LogP contribution in [0.5, 0.6) is 11.5 Å². The zero-order chi connectivity index (χ0) is 37.6. The summed E-state index contributed by atoms with van der Waals surface area (Å²) in [5.74, 6) is -0.931. The molecular weight excluding hydrogens is 746 g/mol. The van der Waals surface area contributed by atoms with Crippen molar-refractivity contribution < 1.29 is 28.5 Å². The van der Waals surface area contributed by atoms with E-state index in [-0.39, 0.29) is 24.7 Å². The number of carbonyl (C=O) groups excluding carboxylic acids is 2. The monoisotopic (exact) mass is 786 g/mol. The molecule has 0 saturated carbocycles. The summed E-state index contributed by atoms with van der Waals surface area (Å²) in [6.45, 7) is 4.03. The molecule has 0 aliphatic heterocycles. The smallest absolute Gasteiger partial charge is 0.332 e. The summed E-state index contributed by atoms with van der Waals surface area (Å²) >= 11 is 25.3. The van der Waals surface area contributed by atoms with Crippen LogP contribution in [0.2, 0.25) is 20.1 Å². The Morgan fingerprint density at radius 2 is 0.962 bits per heavy atom. The lowest BCUT2D eigenvalue weighted by Crippen LogP contribution is -2.38. The summed E-state index contributed by atoms with van der Waals surface area (Å²) in [6.07, 6.45) is 0.0311. The van der Waals surface area contributed by atoms with E-state index in [0.717, 1.165) is 23.3 Å². The molecule has 6 atom stereocenters. The van der Waals surface area contributed by atoms with Crippen molar-refractivity contribution in [1.82, 2.24) is 10.6 Å². The fraction of sp³-hybridized carbons (Fsp3) is 0.300. The van der Waals surface area contributed by atoms with Crippen molar-refractivity contribution in [3.63, 3.8) is 0 Å². The highest BCUT2D eigenvalue weighted by Crippen LogP contribution is 2.34. The molecule has 0 heterocycles. The first kappa shape index (κ1) is 41.0. The summed E-state index contributed by atoms with van der Waals surface area (Å²) in [4.78, 5) is 25.9. The van der Waals surface area contributed by atoms with Crippen molar-refractivity contribution in [2.45, 2.75) is 63.2 Å². The zero-order valence-electron chi connectivity index (χ0n) is 29.2. The van der Waals surface area contributed by atoms with Crippen molar-refractivity contribution in [2.75, 3.05) is 14.1 Å². The summed E-state index contributed by atoms with van der Waals surface area (Å²) in [5, 5.41) is 7.76. The first-order valence-electron chi connectivity index (χ1n) is 16.7. The van der Waals surface area contributed by atoms with Crippen LogP contribution in [0, 0.1) is 0 Å². The average Bonchev–Trinajstić information content (AvgIpc) is 3.15. The molecule has 0 spiro atoms. The lowest BCUT2D eigenvalue weighted by atomic mass is 9.92. The summed E-state index contributed by atoms with van der Waals surface area (Å²) in [5.41, 5.74) is 2.05. The second-order valence-corrected chi connectivity index (χ2v) is 13.8. The predicted octanol–water partition coefficient (Wildman–Crippen LogP) is 9.62. The molecule has 0 aromatic heterocycles. The summed E-state index contributed by atoms with van der Waals surface area (Å²) < 4.78 is 24.1. The maximum atomic E-state index is 12.9. The average molecular weight is 789 g/mol. The van der Waals surface area contributed by atoms with Crippen molar-refractivity contribution in [2.24, 2.45) is 0 Å². The largest absolute Gasteiger partial charge is 0.488 e. The van der Waals surface area contributed by atoms with Crippen LogP contribution in [0.4, 0.5) is 0 Å². The Balaban J connectivity index is 1.41. The number of rotatable bonds is 18. The predicted molar refractivity (Wildman–Crippen MR) is 208 cm³/mol. The van der Waals surface area contributed by atoms with Gasteiger partial charge in [-0.05, 0) is 49.5 Å². The number of nitrogens with one attached hydrogen (secondary N) is 2. The molecule has 4 rings (SSSR count). The fourth-order valence-electron chi connectivity index (χ4n) is 5.48. The fourth-order valence-corrected chi connectivity index (χ4v) is 6.13. The molecule has 6 unspecified atom stereocenters. The number of ether oxygens (including phenoxy) is 4. The SMILES string of the molecule is CNC(CC(Oc1cc(Cl)ccc1Cl)C(C)c1ccccc1)OC(=O)/C=C/C(=O)OC(CC(Oc1cc(Cl)ccc1Cl)C(C)c1ccccc1)NC. The number of hydrogen-bond acceptors (Lipinski definition) is 8. The molecule has 276 valence electrons. The van der Waals surface area contributed by atoms with Gasteiger partial charge in [-0.25, -0.2) is 9.59 Å². The second-order valence-electron chi connectivity index (χ2n) is 12.1. The maximum Gasteiger partial charge on any atom is 0.332 e. The van der Waals surface area contributed by atoms with Gasteiger partial charge in [-0.2, -0.15) is 0 Å². The summed E-state index contributed by atoms with van der Waals surface area (Å²) in [6, 6.07) is 29.6. The van der Waals surface area contributed by atoms with E-state index in [1.54, 1.807) is 50.5 Å². The molecule has 8 nitrogen and oxygen atoms in total. The molecule has 0 aliphatic carbocycles. The standard InChI is InChI=1S/C40H42Cl4N2O6/c1-25(27-11-7-5-8-12-27)33(49-35-21-29(41)15-17-31(35)43)23-37(45-3)51-39(47)19-20-40(48)52-38(46-4)24-34(26(2)28-13-9-6-10-14-28)50-36-22-30(42)16-18-32(36)44/h5-22,25-26,33-34,37-38,45-46H,23-24H2,1-4H3/b20-19+. The first-order valence-corrected chi connectivity index (χ1v) is 18.3. The van der Waals surface area contributed by atoms with E-state index >= 15 is 0 Å². The van der Waals surface area contributed by atoms with E-state index in [9.17, 15) is 9.59 Å². The molecule has 12 heteroatoms. The Morgan fingerprint density at radius 1 is 0.596 bits per heavy atom. The van der Waals surface area contributed by atoms with Gasteiger partial charge >= 0.3 is 11.9 Å². The Hall–Kier alpha value is -3.76. The normalized spacial score (nSPS) is 14.8. The Labute approximate surface area is 325 Å². The third-order valence-corrected chi connectivity index (χ3v) is 9.61. The quantitative estimate of drug-likeness (QED) is 0.0585. The third kappa shape index (κ3) is 12.4. The van der Waals surface area contributed by atoms with Crippen LogP contribution < -0.4 is 20.1 Å². The van der Waals surface area contributed by atoms with Crippen LogP contribution in [0.3, 0.4) is 0 Å². The van der Waals surface area contributed by atoms with Gasteiger partial charge in [0.15, 0.2) is 12.5 Å². The van der Waals surface area contributed by atoms with Crippen LogP contribution in [0.15, 0.2) is 109 Å². The molecule has 0 amide bonds. The van der Waals surface area contributed by atoms with Crippen molar-refractivity contribution in [1.29, 1.82) is 0 Å². The van der Waals surface area contributed by atoms with E-state index in [4.69, 9.17) is 65.4 Å². The molecule has 0 fully saturated rings. The van der Waals surface area contributed by atoms with Crippen LogP contribution >= 0.6 is 46.4 Å². The van der Waals surface area contributed by atoms with Gasteiger partial charge in [-0.1, -0.05) is 121 Å². The topological polar surface area (TPSA) is 95.1 Å². The molecule has 0 bridgehead atoms. The lowest BCUT2D eigenvalue weighted by Gasteiger charge is -2.29. The molecule has 4 aromatic carbocycles. The van der Waals surface area contributed by atoms with Gasteiger partial charge in [-0.15, -0.1) is 0 Å². The zero-order valence-corrected chi connectivity index (χ0v) is 32.3. The minimum Gasteiger partial charge on any atom is -0.488 e. The van der Waals surface area contributed by atoms with Crippen molar-refractivity contribution >= 4 is 58.3 Å². The van der Waals surface area contributed by atoms with Crippen LogP contribution in [-0.2, 0) is 19.1 Å². The third-order valence-electron chi connectivity index (χ3n) is 8.52. The molecule has 0 aliphatic rings. The minimum atomic E-state index is -0.775. The van der Waals surface area contributed by atoms with Crippen LogP contribution in [0.25, 0.3) is 0 Å². The number of carbonyl (C=O) groups is 2. The maximum absolute atomic E-state index is 12.9. The van der Waals surface area contributed by atoms with Crippen molar-refractivity contribution in [3.8, 4) is 11.5 Å². The van der Waals surface area contributed by atoms with Crippen LogP contribution in [0.1, 0.15) is 49.7 Å². The lowest BCUT2D eigenvalue weighted by molar-refractivity contribution is -0.148. The van der Waals surface area contributed by atoms with Crippen molar-refractivity contribution in [3.05, 3.63) is 140 Å². The van der Waals surface area contributed by atoms with Gasteiger partial charge in [0, 0.05) is 59.0 Å². The number of halogens is 4. The number of benzene rings is 4. The van der Waals surface area contributed by atoms with E-state index in [0.29, 0.717) is 31.6 Å². The van der Waals surface area contributed by atoms with Gasteiger partial charge in [0.25, 0.3) is 0 Å². The Morgan fingerprint density at radius 3 is 1.31 bits per heavy atom. The first-order chi connectivity index (χ1) is 25.0. The number of esters is 2. The van der Waals surface area contributed by atoms with E-state index in [2.05, 4.69) is 10.6 Å². The Kier molecular flexibility index (Phi) is 16.1. The van der Waals surface area contributed by atoms with E-state index in [1.807, 2.05) is 74.5 Å². The van der Waals surface area contributed by atoms with Gasteiger partial charge in [0.1, 0.15) is 23.7 Å². The molecule has 52 heavy (non-hydrogen) atoms. The highest BCUT2D eigenvalue weighted by atomic mass is 35.5. The van der Waals surface area contributed by atoms with Gasteiger partial charge < -0.3 is 18.9 Å². The molecular formula is C40H42Cl4N2O6. The van der Waals surface area contributed by atoms with Gasteiger partial charge in [0.2, 0.25) is 0 Å². The summed E-state index contributed by atoms with van der Waals surface area (Å²) in [7, 11) is 3.32. The van der Waals surface area contributed by atoms with Gasteiger partial charge in [-0.3, -0.25) is 10.6 Å². The second kappa shape index (κ2) is 20.5. The molecule has 4 aromatic rings. The highest BCUT2D eigenvalue weighted by Gasteiger charge is 2.29. The highest BCUT2D eigenvalue weighted by molar-refractivity contribution is 6.34. The minimum absolute atomic E-state index is 0.123. The van der Waals surface area contributed by atoms with E-state index < -0.39 is 36.6 Å². The molecule has 0 saturated heterocycles. The van der Waals surface area contributed by atoms with Crippen LogP contribution in [-0.4, -0.2) is 50.7 Å². The molecule has 0 radical (unpaired) electrons. The number of hydrogen-bond donors (Lipinski definition) is 2. The molecule has 2 N–H and O–H groups in total. The Bertz CT molecular complexity index is 1650.